The number of aryl methyl sites for hydroxylation is 1. The summed E-state index contributed by atoms with van der Waals surface area (Å²) in [6.45, 7) is 3.80. The van der Waals surface area contributed by atoms with Crippen molar-refractivity contribution in [1.29, 1.82) is 0 Å². The Kier molecular flexibility index (Phi) is 3.38. The molecular formula is C10H14ClN3O. The van der Waals surface area contributed by atoms with Gasteiger partial charge in [-0.15, -0.1) is 0 Å². The number of halogens is 1. The molecule has 0 bridgehead atoms. The van der Waals surface area contributed by atoms with Crippen molar-refractivity contribution in [3.05, 3.63) is 16.9 Å². The van der Waals surface area contributed by atoms with Gasteiger partial charge >= 0.3 is 6.01 Å². The quantitative estimate of drug-likeness (QED) is 0.780. The first-order chi connectivity index (χ1) is 7.24. The Morgan fingerprint density at radius 1 is 1.53 bits per heavy atom. The molecule has 0 aromatic carbocycles. The molecule has 0 saturated carbocycles. The fraction of sp³-hybridized carbons (Fsp3) is 0.600. The molecule has 1 aromatic heterocycles. The van der Waals surface area contributed by atoms with E-state index in [1.807, 2.05) is 6.92 Å². The van der Waals surface area contributed by atoms with E-state index in [-0.39, 0.29) is 6.10 Å². The largest absolute Gasteiger partial charge is 0.459 e. The van der Waals surface area contributed by atoms with Crippen molar-refractivity contribution >= 4 is 11.6 Å². The summed E-state index contributed by atoms with van der Waals surface area (Å²) in [5.41, 5.74) is 0.828. The summed E-state index contributed by atoms with van der Waals surface area (Å²) in [5.74, 6) is 0. The number of hydrogen-bond acceptors (Lipinski definition) is 4. The molecule has 2 rings (SSSR count). The molecular weight excluding hydrogens is 214 g/mol. The van der Waals surface area contributed by atoms with E-state index < -0.39 is 0 Å². The second-order valence-corrected chi connectivity index (χ2v) is 4.09. The molecule has 1 aliphatic rings. The summed E-state index contributed by atoms with van der Waals surface area (Å²) in [5, 5.41) is 3.70. The van der Waals surface area contributed by atoms with Crippen LogP contribution in [0.25, 0.3) is 0 Å². The van der Waals surface area contributed by atoms with Gasteiger partial charge in [0.1, 0.15) is 11.3 Å². The van der Waals surface area contributed by atoms with E-state index in [9.17, 15) is 0 Å². The van der Waals surface area contributed by atoms with Crippen LogP contribution in [0.1, 0.15) is 18.5 Å². The van der Waals surface area contributed by atoms with Crippen molar-refractivity contribution in [2.24, 2.45) is 0 Å². The Bertz CT molecular complexity index is 319. The van der Waals surface area contributed by atoms with Gasteiger partial charge in [-0.05, 0) is 32.4 Å². The lowest BCUT2D eigenvalue weighted by Crippen LogP contribution is -2.37. The number of piperidine rings is 1. The zero-order valence-corrected chi connectivity index (χ0v) is 9.42. The number of nitrogens with zero attached hydrogens (tertiary/aromatic N) is 2. The van der Waals surface area contributed by atoms with E-state index in [0.29, 0.717) is 11.2 Å². The highest BCUT2D eigenvalue weighted by atomic mass is 35.5. The molecule has 82 valence electrons. The molecule has 0 amide bonds. The van der Waals surface area contributed by atoms with Crippen LogP contribution in [-0.2, 0) is 0 Å². The van der Waals surface area contributed by atoms with Crippen molar-refractivity contribution in [3.63, 3.8) is 0 Å². The van der Waals surface area contributed by atoms with Gasteiger partial charge in [-0.3, -0.25) is 0 Å². The van der Waals surface area contributed by atoms with Crippen molar-refractivity contribution in [1.82, 2.24) is 15.3 Å². The highest BCUT2D eigenvalue weighted by molar-refractivity contribution is 6.29. The van der Waals surface area contributed by atoms with E-state index in [1.54, 1.807) is 6.07 Å². The molecule has 5 heteroatoms. The Morgan fingerprint density at radius 3 is 3.07 bits per heavy atom. The van der Waals surface area contributed by atoms with Gasteiger partial charge in [0.25, 0.3) is 0 Å². The van der Waals surface area contributed by atoms with Crippen LogP contribution < -0.4 is 10.1 Å². The molecule has 0 aliphatic carbocycles. The van der Waals surface area contributed by atoms with Crippen molar-refractivity contribution < 1.29 is 4.74 Å². The number of rotatable bonds is 2. The lowest BCUT2D eigenvalue weighted by Gasteiger charge is -2.22. The van der Waals surface area contributed by atoms with Crippen molar-refractivity contribution in [2.75, 3.05) is 13.1 Å². The molecule has 2 heterocycles. The second-order valence-electron chi connectivity index (χ2n) is 3.70. The van der Waals surface area contributed by atoms with Crippen LogP contribution in [0.2, 0.25) is 5.15 Å². The molecule has 0 radical (unpaired) electrons. The molecule has 1 saturated heterocycles. The molecule has 1 N–H and O–H groups in total. The third-order valence-corrected chi connectivity index (χ3v) is 2.52. The average Bonchev–Trinajstić information content (AvgIpc) is 2.17. The summed E-state index contributed by atoms with van der Waals surface area (Å²) in [6.07, 6.45) is 2.34. The SMILES string of the molecule is Cc1cc(Cl)nc(O[C@H]2CCCNC2)n1. The highest BCUT2D eigenvalue weighted by Crippen LogP contribution is 2.14. The fourth-order valence-electron chi connectivity index (χ4n) is 1.63. The first kappa shape index (κ1) is 10.6. The second kappa shape index (κ2) is 4.77. The van der Waals surface area contributed by atoms with Gasteiger partial charge in [-0.2, -0.15) is 4.98 Å². The minimum atomic E-state index is 0.164. The Hall–Kier alpha value is -0.870. The Morgan fingerprint density at radius 2 is 2.40 bits per heavy atom. The number of nitrogens with one attached hydrogen (secondary N) is 1. The van der Waals surface area contributed by atoms with Crippen LogP contribution in [0, 0.1) is 6.92 Å². The highest BCUT2D eigenvalue weighted by Gasteiger charge is 2.15. The molecule has 15 heavy (non-hydrogen) atoms. The third kappa shape index (κ3) is 3.04. The number of hydrogen-bond donors (Lipinski definition) is 1. The van der Waals surface area contributed by atoms with Gasteiger partial charge in [0.15, 0.2) is 0 Å². The van der Waals surface area contributed by atoms with Crippen LogP contribution in [0.15, 0.2) is 6.07 Å². The van der Waals surface area contributed by atoms with Crippen LogP contribution in [0.3, 0.4) is 0 Å². The molecule has 0 spiro atoms. The monoisotopic (exact) mass is 227 g/mol. The average molecular weight is 228 g/mol. The first-order valence-corrected chi connectivity index (χ1v) is 5.50. The van der Waals surface area contributed by atoms with E-state index >= 15 is 0 Å². The lowest BCUT2D eigenvalue weighted by atomic mass is 10.1. The van der Waals surface area contributed by atoms with E-state index in [4.69, 9.17) is 16.3 Å². The van der Waals surface area contributed by atoms with Crippen molar-refractivity contribution in [2.45, 2.75) is 25.9 Å². The number of ether oxygens (including phenoxy) is 1. The van der Waals surface area contributed by atoms with Crippen molar-refractivity contribution in [3.8, 4) is 6.01 Å². The maximum Gasteiger partial charge on any atom is 0.318 e. The molecule has 1 aromatic rings. The van der Waals surface area contributed by atoms with Gasteiger partial charge in [-0.1, -0.05) is 11.6 Å². The summed E-state index contributed by atoms with van der Waals surface area (Å²) < 4.78 is 5.65. The molecule has 4 nitrogen and oxygen atoms in total. The topological polar surface area (TPSA) is 47.0 Å². The predicted octanol–water partition coefficient (Wildman–Crippen LogP) is 1.57. The van der Waals surface area contributed by atoms with Gasteiger partial charge in [0, 0.05) is 12.2 Å². The smallest absolute Gasteiger partial charge is 0.318 e. The standard InChI is InChI=1S/C10H14ClN3O/c1-7-5-9(11)14-10(13-7)15-8-3-2-4-12-6-8/h5,8,12H,2-4,6H2,1H3/t8-/m0/s1. The fourth-order valence-corrected chi connectivity index (χ4v) is 1.86. The Labute approximate surface area is 94.0 Å². The van der Waals surface area contributed by atoms with Crippen LogP contribution in [-0.4, -0.2) is 29.2 Å². The minimum Gasteiger partial charge on any atom is -0.459 e. The van der Waals surface area contributed by atoms with E-state index in [2.05, 4.69) is 15.3 Å². The zero-order valence-electron chi connectivity index (χ0n) is 8.66. The normalized spacial score (nSPS) is 21.3. The number of aromatic nitrogens is 2. The summed E-state index contributed by atoms with van der Waals surface area (Å²) in [6, 6.07) is 2.10. The van der Waals surface area contributed by atoms with Gasteiger partial charge in [0.2, 0.25) is 0 Å². The van der Waals surface area contributed by atoms with Gasteiger partial charge in [-0.25, -0.2) is 4.98 Å². The van der Waals surface area contributed by atoms with E-state index in [0.717, 1.165) is 31.6 Å². The maximum absolute atomic E-state index is 5.82. The maximum atomic E-state index is 5.82. The molecule has 1 fully saturated rings. The van der Waals surface area contributed by atoms with Gasteiger partial charge < -0.3 is 10.1 Å². The first-order valence-electron chi connectivity index (χ1n) is 5.12. The summed E-state index contributed by atoms with van der Waals surface area (Å²) in [4.78, 5) is 8.21. The zero-order chi connectivity index (χ0) is 10.7. The summed E-state index contributed by atoms with van der Waals surface area (Å²) in [7, 11) is 0. The van der Waals surface area contributed by atoms with Crippen LogP contribution >= 0.6 is 11.6 Å². The molecule has 1 aliphatic heterocycles. The van der Waals surface area contributed by atoms with Crippen LogP contribution in [0.4, 0.5) is 0 Å². The summed E-state index contributed by atoms with van der Waals surface area (Å²) >= 11 is 5.82. The predicted molar refractivity (Wildman–Crippen MR) is 58.3 cm³/mol. The third-order valence-electron chi connectivity index (χ3n) is 2.33. The molecule has 0 unspecified atom stereocenters. The van der Waals surface area contributed by atoms with Crippen LogP contribution in [0.5, 0.6) is 6.01 Å². The lowest BCUT2D eigenvalue weighted by molar-refractivity contribution is 0.153. The Balaban J connectivity index is 2.02. The molecule has 1 atom stereocenters. The van der Waals surface area contributed by atoms with E-state index in [1.165, 1.54) is 0 Å². The van der Waals surface area contributed by atoms with Gasteiger partial charge in [0.05, 0.1) is 0 Å². The minimum absolute atomic E-state index is 0.164.